The van der Waals surface area contributed by atoms with Crippen molar-refractivity contribution in [2.24, 2.45) is 5.41 Å². The van der Waals surface area contributed by atoms with Crippen LogP contribution < -0.4 is 0 Å². The van der Waals surface area contributed by atoms with Crippen LogP contribution in [0.1, 0.15) is 53.9 Å². The molecule has 0 bridgehead atoms. The Hall–Kier alpha value is -1.68. The van der Waals surface area contributed by atoms with Gasteiger partial charge in [-0.15, -0.1) is 0 Å². The smallest absolute Gasteiger partial charge is 0.331 e. The van der Waals surface area contributed by atoms with E-state index < -0.39 is 11.0 Å². The minimum atomic E-state index is -1.21. The highest BCUT2D eigenvalue weighted by atomic mass is 16.5. The molecule has 0 saturated heterocycles. The molecule has 1 N–H and O–H groups in total. The summed E-state index contributed by atoms with van der Waals surface area (Å²) in [7, 11) is 0. The lowest BCUT2D eigenvalue weighted by Crippen LogP contribution is -2.48. The number of hydrogen-bond acceptors (Lipinski definition) is 4. The van der Waals surface area contributed by atoms with Crippen molar-refractivity contribution in [3.63, 3.8) is 0 Å². The molecular formula is C19H28O4. The van der Waals surface area contributed by atoms with Crippen molar-refractivity contribution < 1.29 is 19.4 Å². The van der Waals surface area contributed by atoms with Crippen molar-refractivity contribution in [3.05, 3.63) is 35.5 Å². The first-order valence-corrected chi connectivity index (χ1v) is 8.10. The number of unbranched alkanes of at least 4 members (excludes halogenated alkanes) is 1. The zero-order chi connectivity index (χ0) is 17.7. The van der Waals surface area contributed by atoms with Gasteiger partial charge in [-0.05, 0) is 43.6 Å². The molecule has 1 aliphatic carbocycles. The molecule has 0 spiro atoms. The second-order valence-electron chi connectivity index (χ2n) is 6.86. The van der Waals surface area contributed by atoms with Gasteiger partial charge in [0.25, 0.3) is 0 Å². The first-order chi connectivity index (χ1) is 10.6. The van der Waals surface area contributed by atoms with Crippen LogP contribution in [-0.4, -0.2) is 29.1 Å². The van der Waals surface area contributed by atoms with E-state index in [2.05, 4.69) is 0 Å². The quantitative estimate of drug-likeness (QED) is 0.352. The van der Waals surface area contributed by atoms with Crippen LogP contribution in [0.2, 0.25) is 0 Å². The molecule has 4 nitrogen and oxygen atoms in total. The van der Waals surface area contributed by atoms with E-state index in [1.54, 1.807) is 26.0 Å². The van der Waals surface area contributed by atoms with Gasteiger partial charge in [0, 0.05) is 17.9 Å². The molecule has 0 fully saturated rings. The third-order valence-corrected chi connectivity index (χ3v) is 4.30. The first kappa shape index (κ1) is 19.4. The molecule has 0 aliphatic heterocycles. The molecule has 0 aromatic heterocycles. The van der Waals surface area contributed by atoms with Crippen molar-refractivity contribution in [1.29, 1.82) is 0 Å². The second-order valence-corrected chi connectivity index (χ2v) is 6.86. The van der Waals surface area contributed by atoms with Crippen molar-refractivity contribution in [2.45, 2.75) is 59.5 Å². The summed E-state index contributed by atoms with van der Waals surface area (Å²) in [6.07, 6.45) is 8.38. The summed E-state index contributed by atoms with van der Waals surface area (Å²) >= 11 is 0. The molecular weight excluding hydrogens is 292 g/mol. The van der Waals surface area contributed by atoms with Crippen LogP contribution in [0.15, 0.2) is 35.5 Å². The molecule has 0 aromatic carbocycles. The van der Waals surface area contributed by atoms with Crippen molar-refractivity contribution in [3.8, 4) is 0 Å². The third kappa shape index (κ3) is 4.90. The molecule has 0 heterocycles. The first-order valence-electron chi connectivity index (χ1n) is 8.10. The van der Waals surface area contributed by atoms with Crippen LogP contribution in [0.25, 0.3) is 0 Å². The van der Waals surface area contributed by atoms with Gasteiger partial charge in [0.05, 0.1) is 6.61 Å². The number of carbonyl (C=O) groups is 2. The van der Waals surface area contributed by atoms with Gasteiger partial charge in [0.15, 0.2) is 5.78 Å². The maximum Gasteiger partial charge on any atom is 0.331 e. The van der Waals surface area contributed by atoms with Crippen LogP contribution in [0.3, 0.4) is 0 Å². The SMILES string of the molecule is CCCCOC(=O)C=C(C)C=CC1(O)C(C)=CC(=O)CC1(C)C. The molecule has 1 rings (SSSR count). The van der Waals surface area contributed by atoms with E-state index in [-0.39, 0.29) is 18.2 Å². The Balaban J connectivity index is 2.87. The minimum absolute atomic E-state index is 0.0253. The summed E-state index contributed by atoms with van der Waals surface area (Å²) in [6.45, 7) is 9.71. The molecule has 0 radical (unpaired) electrons. The predicted octanol–water partition coefficient (Wildman–Crippen LogP) is 3.51. The normalized spacial score (nSPS) is 24.7. The summed E-state index contributed by atoms with van der Waals surface area (Å²) in [4.78, 5) is 23.3. The fourth-order valence-electron chi connectivity index (χ4n) is 2.71. The monoisotopic (exact) mass is 320 g/mol. The Labute approximate surface area is 138 Å². The number of aliphatic hydroxyl groups is 1. The molecule has 0 aromatic rings. The molecule has 1 atom stereocenters. The van der Waals surface area contributed by atoms with Gasteiger partial charge in [0.1, 0.15) is 5.60 Å². The van der Waals surface area contributed by atoms with Crippen LogP contribution in [0.5, 0.6) is 0 Å². The largest absolute Gasteiger partial charge is 0.463 e. The predicted molar refractivity (Wildman–Crippen MR) is 90.9 cm³/mol. The highest BCUT2D eigenvalue weighted by molar-refractivity contribution is 5.92. The second kappa shape index (κ2) is 7.73. The van der Waals surface area contributed by atoms with E-state index in [0.29, 0.717) is 17.8 Å². The maximum atomic E-state index is 11.7. The molecule has 128 valence electrons. The lowest BCUT2D eigenvalue weighted by Gasteiger charge is -2.44. The molecule has 4 heteroatoms. The topological polar surface area (TPSA) is 63.6 Å². The van der Waals surface area contributed by atoms with Gasteiger partial charge >= 0.3 is 5.97 Å². The fourth-order valence-corrected chi connectivity index (χ4v) is 2.71. The van der Waals surface area contributed by atoms with Crippen molar-refractivity contribution in [1.82, 2.24) is 0 Å². The van der Waals surface area contributed by atoms with E-state index in [0.717, 1.165) is 12.8 Å². The molecule has 0 saturated carbocycles. The fraction of sp³-hybridized carbons (Fsp3) is 0.579. The van der Waals surface area contributed by atoms with E-state index in [1.165, 1.54) is 12.2 Å². The summed E-state index contributed by atoms with van der Waals surface area (Å²) in [6, 6.07) is 0. The number of allylic oxidation sites excluding steroid dienone is 3. The Kier molecular flexibility index (Phi) is 6.51. The Morgan fingerprint density at radius 2 is 2.09 bits per heavy atom. The van der Waals surface area contributed by atoms with E-state index in [4.69, 9.17) is 4.74 Å². The molecule has 1 unspecified atom stereocenters. The average Bonchev–Trinajstić information content (AvgIpc) is 2.42. The lowest BCUT2D eigenvalue weighted by molar-refractivity contribution is -0.137. The minimum Gasteiger partial charge on any atom is -0.463 e. The Morgan fingerprint density at radius 1 is 1.43 bits per heavy atom. The van der Waals surface area contributed by atoms with Gasteiger partial charge in [-0.2, -0.15) is 0 Å². The van der Waals surface area contributed by atoms with Crippen LogP contribution in [0, 0.1) is 5.41 Å². The summed E-state index contributed by atoms with van der Waals surface area (Å²) in [5.41, 5.74) is -0.488. The highest BCUT2D eigenvalue weighted by Crippen LogP contribution is 2.44. The van der Waals surface area contributed by atoms with Crippen LogP contribution >= 0.6 is 0 Å². The van der Waals surface area contributed by atoms with Crippen molar-refractivity contribution >= 4 is 11.8 Å². The molecule has 23 heavy (non-hydrogen) atoms. The summed E-state index contributed by atoms with van der Waals surface area (Å²) in [5.74, 6) is -0.352. The van der Waals surface area contributed by atoms with Gasteiger partial charge in [0.2, 0.25) is 0 Å². The molecule has 0 amide bonds. The van der Waals surface area contributed by atoms with Gasteiger partial charge in [-0.3, -0.25) is 4.79 Å². The standard InChI is InChI=1S/C19H28O4/c1-6-7-10-23-17(21)11-14(2)8-9-19(22)15(3)12-16(20)13-18(19,4)5/h8-9,11-12,22H,6-7,10,13H2,1-5H3. The number of ether oxygens (including phenoxy) is 1. The number of rotatable bonds is 6. The van der Waals surface area contributed by atoms with Crippen LogP contribution in [-0.2, 0) is 14.3 Å². The number of esters is 1. The van der Waals surface area contributed by atoms with E-state index in [9.17, 15) is 14.7 Å². The highest BCUT2D eigenvalue weighted by Gasteiger charge is 2.46. The number of ketones is 1. The number of hydrogen-bond donors (Lipinski definition) is 1. The molecule has 1 aliphatic rings. The average molecular weight is 320 g/mol. The van der Waals surface area contributed by atoms with Gasteiger partial charge in [-0.1, -0.05) is 33.3 Å². The van der Waals surface area contributed by atoms with Crippen LogP contribution in [0.4, 0.5) is 0 Å². The van der Waals surface area contributed by atoms with Crippen molar-refractivity contribution in [2.75, 3.05) is 6.61 Å². The Morgan fingerprint density at radius 3 is 2.65 bits per heavy atom. The summed E-state index contributed by atoms with van der Waals surface area (Å²) in [5, 5.41) is 11.0. The van der Waals surface area contributed by atoms with E-state index in [1.807, 2.05) is 20.8 Å². The maximum absolute atomic E-state index is 11.7. The summed E-state index contributed by atoms with van der Waals surface area (Å²) < 4.78 is 5.08. The Bertz CT molecular complexity index is 552. The zero-order valence-electron chi connectivity index (χ0n) is 14.8. The zero-order valence-corrected chi connectivity index (χ0v) is 14.8. The van der Waals surface area contributed by atoms with Gasteiger partial charge in [-0.25, -0.2) is 4.79 Å². The lowest BCUT2D eigenvalue weighted by atomic mass is 9.64. The van der Waals surface area contributed by atoms with E-state index >= 15 is 0 Å². The van der Waals surface area contributed by atoms with Gasteiger partial charge < -0.3 is 9.84 Å². The number of carbonyl (C=O) groups excluding carboxylic acids is 2. The third-order valence-electron chi connectivity index (χ3n) is 4.30.